The average Bonchev–Trinajstić information content (AvgIpc) is 2.44. The molecule has 0 radical (unpaired) electrons. The van der Waals surface area contributed by atoms with Gasteiger partial charge in [-0.1, -0.05) is 13.3 Å². The second-order valence-electron chi connectivity index (χ2n) is 5.92. The van der Waals surface area contributed by atoms with E-state index in [2.05, 4.69) is 12.2 Å². The van der Waals surface area contributed by atoms with Gasteiger partial charge in [-0.2, -0.15) is 0 Å². The van der Waals surface area contributed by atoms with Gasteiger partial charge in [0.1, 0.15) is 0 Å². The number of nitrogens with zero attached hydrogens (tertiary/aromatic N) is 2. The molecule has 2 amide bonds. The molecular formula is C15H29N3O2. The number of rotatable bonds is 6. The Bertz CT molecular complexity index is 331. The van der Waals surface area contributed by atoms with Gasteiger partial charge >= 0.3 is 0 Å². The van der Waals surface area contributed by atoms with Crippen LogP contribution in [-0.2, 0) is 9.59 Å². The van der Waals surface area contributed by atoms with E-state index >= 15 is 0 Å². The number of carbonyl (C=O) groups is 2. The van der Waals surface area contributed by atoms with E-state index in [0.717, 1.165) is 38.8 Å². The zero-order valence-corrected chi connectivity index (χ0v) is 13.4. The number of carbonyl (C=O) groups excluding carboxylic acids is 2. The molecule has 0 aromatic carbocycles. The van der Waals surface area contributed by atoms with Gasteiger partial charge in [0.05, 0.1) is 12.0 Å². The molecule has 1 N–H and O–H groups in total. The largest absolute Gasteiger partial charge is 0.347 e. The van der Waals surface area contributed by atoms with Gasteiger partial charge in [0.25, 0.3) is 0 Å². The van der Waals surface area contributed by atoms with Crippen molar-refractivity contribution >= 4 is 11.8 Å². The zero-order valence-electron chi connectivity index (χ0n) is 13.4. The van der Waals surface area contributed by atoms with Crippen LogP contribution in [0.1, 0.15) is 39.5 Å². The van der Waals surface area contributed by atoms with Crippen LogP contribution >= 0.6 is 0 Å². The first-order valence-corrected chi connectivity index (χ1v) is 7.67. The Balaban J connectivity index is 2.82. The van der Waals surface area contributed by atoms with Crippen molar-refractivity contribution in [2.75, 3.05) is 40.3 Å². The summed E-state index contributed by atoms with van der Waals surface area (Å²) in [5.74, 6) is 0.125. The van der Waals surface area contributed by atoms with Crippen molar-refractivity contribution in [3.8, 4) is 0 Å². The molecular weight excluding hydrogens is 254 g/mol. The number of hydrogen-bond donors (Lipinski definition) is 1. The zero-order chi connectivity index (χ0) is 15.2. The van der Waals surface area contributed by atoms with Crippen LogP contribution in [0.3, 0.4) is 0 Å². The fourth-order valence-corrected chi connectivity index (χ4v) is 2.92. The minimum atomic E-state index is -0.310. The van der Waals surface area contributed by atoms with E-state index in [-0.39, 0.29) is 23.8 Å². The predicted molar refractivity (Wildman–Crippen MR) is 80.4 cm³/mol. The number of amides is 2. The van der Waals surface area contributed by atoms with Crippen molar-refractivity contribution in [1.29, 1.82) is 0 Å². The maximum absolute atomic E-state index is 12.9. The van der Waals surface area contributed by atoms with E-state index in [1.54, 1.807) is 23.9 Å². The van der Waals surface area contributed by atoms with Crippen LogP contribution in [0.15, 0.2) is 0 Å². The summed E-state index contributed by atoms with van der Waals surface area (Å²) in [4.78, 5) is 28.0. The molecule has 1 aliphatic heterocycles. The highest BCUT2D eigenvalue weighted by Crippen LogP contribution is 2.33. The molecule has 116 valence electrons. The van der Waals surface area contributed by atoms with Crippen LogP contribution in [0.2, 0.25) is 0 Å². The molecule has 1 rings (SSSR count). The fourth-order valence-electron chi connectivity index (χ4n) is 2.92. The van der Waals surface area contributed by atoms with Crippen LogP contribution in [-0.4, -0.2) is 61.9 Å². The quantitative estimate of drug-likeness (QED) is 0.794. The summed E-state index contributed by atoms with van der Waals surface area (Å²) in [6, 6.07) is 0. The molecule has 0 spiro atoms. The highest BCUT2D eigenvalue weighted by atomic mass is 16.2. The van der Waals surface area contributed by atoms with E-state index in [1.807, 2.05) is 6.92 Å². The molecule has 0 saturated carbocycles. The van der Waals surface area contributed by atoms with Gasteiger partial charge in [0, 0.05) is 27.2 Å². The molecule has 20 heavy (non-hydrogen) atoms. The Morgan fingerprint density at radius 2 is 1.95 bits per heavy atom. The molecule has 0 aliphatic carbocycles. The smallest absolute Gasteiger partial charge is 0.241 e. The van der Waals surface area contributed by atoms with Gasteiger partial charge in [0.2, 0.25) is 11.8 Å². The van der Waals surface area contributed by atoms with E-state index < -0.39 is 0 Å². The van der Waals surface area contributed by atoms with Crippen LogP contribution in [0.4, 0.5) is 0 Å². The van der Waals surface area contributed by atoms with E-state index in [9.17, 15) is 9.59 Å². The first-order chi connectivity index (χ1) is 9.46. The van der Waals surface area contributed by atoms with Gasteiger partial charge in [-0.05, 0) is 32.7 Å². The maximum atomic E-state index is 12.9. The van der Waals surface area contributed by atoms with Crippen molar-refractivity contribution in [3.05, 3.63) is 0 Å². The first-order valence-electron chi connectivity index (χ1n) is 7.67. The minimum Gasteiger partial charge on any atom is -0.347 e. The number of piperidine rings is 1. The summed E-state index contributed by atoms with van der Waals surface area (Å²) in [6.07, 6.45) is 3.85. The molecule has 1 saturated heterocycles. The lowest BCUT2D eigenvalue weighted by molar-refractivity contribution is -0.148. The lowest BCUT2D eigenvalue weighted by Crippen LogP contribution is -2.53. The number of hydrogen-bond acceptors (Lipinski definition) is 3. The van der Waals surface area contributed by atoms with Crippen LogP contribution in [0, 0.1) is 5.41 Å². The third kappa shape index (κ3) is 3.95. The summed E-state index contributed by atoms with van der Waals surface area (Å²) in [5, 5.41) is 3.35. The summed E-state index contributed by atoms with van der Waals surface area (Å²) >= 11 is 0. The van der Waals surface area contributed by atoms with Crippen LogP contribution in [0.25, 0.3) is 0 Å². The van der Waals surface area contributed by atoms with Crippen molar-refractivity contribution in [1.82, 2.24) is 15.1 Å². The highest BCUT2D eigenvalue weighted by molar-refractivity contribution is 5.88. The average molecular weight is 283 g/mol. The van der Waals surface area contributed by atoms with Crippen molar-refractivity contribution < 1.29 is 9.59 Å². The highest BCUT2D eigenvalue weighted by Gasteiger charge is 2.41. The minimum absolute atomic E-state index is 0.0179. The third-order valence-corrected chi connectivity index (χ3v) is 4.15. The number of nitrogens with one attached hydrogen (secondary N) is 1. The Labute approximate surface area is 122 Å². The maximum Gasteiger partial charge on any atom is 0.241 e. The Morgan fingerprint density at radius 1 is 1.25 bits per heavy atom. The fraction of sp³-hybridized carbons (Fsp3) is 0.867. The van der Waals surface area contributed by atoms with Crippen molar-refractivity contribution in [3.63, 3.8) is 0 Å². The first kappa shape index (κ1) is 17.0. The van der Waals surface area contributed by atoms with Gasteiger partial charge in [-0.15, -0.1) is 0 Å². The molecule has 1 heterocycles. The molecule has 5 nitrogen and oxygen atoms in total. The Hall–Kier alpha value is -1.10. The van der Waals surface area contributed by atoms with Gasteiger partial charge in [-0.25, -0.2) is 0 Å². The van der Waals surface area contributed by atoms with E-state index in [4.69, 9.17) is 0 Å². The molecule has 0 aromatic rings. The topological polar surface area (TPSA) is 52.7 Å². The third-order valence-electron chi connectivity index (χ3n) is 4.15. The number of likely N-dealkylation sites (N-methyl/N-ethyl adjacent to an activating group) is 2. The molecule has 1 fully saturated rings. The molecule has 5 heteroatoms. The van der Waals surface area contributed by atoms with Gasteiger partial charge < -0.3 is 15.1 Å². The molecule has 1 unspecified atom stereocenters. The second kappa shape index (κ2) is 7.62. The van der Waals surface area contributed by atoms with Crippen LogP contribution < -0.4 is 5.32 Å². The second-order valence-corrected chi connectivity index (χ2v) is 5.92. The Morgan fingerprint density at radius 3 is 2.40 bits per heavy atom. The summed E-state index contributed by atoms with van der Waals surface area (Å²) in [7, 11) is 3.45. The van der Waals surface area contributed by atoms with E-state index in [1.165, 1.54) is 0 Å². The summed E-state index contributed by atoms with van der Waals surface area (Å²) in [6.45, 7) is 6.56. The molecule has 1 atom stereocenters. The molecule has 0 bridgehead atoms. The van der Waals surface area contributed by atoms with Gasteiger partial charge in [-0.3, -0.25) is 9.59 Å². The monoisotopic (exact) mass is 283 g/mol. The summed E-state index contributed by atoms with van der Waals surface area (Å²) < 4.78 is 0. The van der Waals surface area contributed by atoms with E-state index in [0.29, 0.717) is 6.54 Å². The van der Waals surface area contributed by atoms with Crippen LogP contribution in [0.5, 0.6) is 0 Å². The summed E-state index contributed by atoms with van der Waals surface area (Å²) in [5.41, 5.74) is -0.310. The van der Waals surface area contributed by atoms with Crippen molar-refractivity contribution in [2.45, 2.75) is 39.5 Å². The lowest BCUT2D eigenvalue weighted by Gasteiger charge is -2.40. The predicted octanol–water partition coefficient (Wildman–Crippen LogP) is 1.09. The van der Waals surface area contributed by atoms with Gasteiger partial charge in [0.15, 0.2) is 0 Å². The van der Waals surface area contributed by atoms with Crippen molar-refractivity contribution in [2.24, 2.45) is 5.41 Å². The normalized spacial score (nSPS) is 22.4. The Kier molecular flexibility index (Phi) is 6.46. The molecule has 1 aliphatic rings. The lowest BCUT2D eigenvalue weighted by atomic mass is 9.75. The SMILES string of the molecule is CCCC1(C(=O)N(CC)CC(=O)N(C)C)CCCNC1. The molecule has 0 aromatic heterocycles. The standard InChI is InChI=1S/C15H29N3O2/c1-5-8-15(9-7-10-16-12-15)14(20)18(6-2)11-13(19)17(3)4/h16H,5-12H2,1-4H3.